The molecule has 1 aromatic carbocycles. The van der Waals surface area contributed by atoms with E-state index in [1.54, 1.807) is 6.07 Å². The minimum atomic E-state index is -0.623. The molecule has 1 aromatic rings. The molecule has 0 aromatic heterocycles. The molecule has 0 saturated heterocycles. The van der Waals surface area contributed by atoms with Crippen LogP contribution in [0.3, 0.4) is 0 Å². The highest BCUT2D eigenvalue weighted by Crippen LogP contribution is 2.37. The van der Waals surface area contributed by atoms with Gasteiger partial charge in [0.15, 0.2) is 5.01 Å². The van der Waals surface area contributed by atoms with Crippen molar-refractivity contribution in [2.75, 3.05) is 0 Å². The summed E-state index contributed by atoms with van der Waals surface area (Å²) in [6.45, 7) is 0. The van der Waals surface area contributed by atoms with Gasteiger partial charge >= 0.3 is 5.97 Å². The maximum Gasteiger partial charge on any atom is 0.343 e. The summed E-state index contributed by atoms with van der Waals surface area (Å²) in [6.07, 6.45) is 0. The van der Waals surface area contributed by atoms with Gasteiger partial charge in [-0.3, -0.25) is 0 Å². The van der Waals surface area contributed by atoms with Crippen LogP contribution in [0.5, 0.6) is 0 Å². The van der Waals surface area contributed by atoms with E-state index in [1.165, 1.54) is 6.07 Å². The summed E-state index contributed by atoms with van der Waals surface area (Å²) in [7, 11) is 0. The molecule has 1 atom stereocenters. The van der Waals surface area contributed by atoms with Crippen molar-refractivity contribution in [3.8, 4) is 0 Å². The van der Waals surface area contributed by atoms with E-state index in [0.717, 1.165) is 0 Å². The average molecular weight is 310 g/mol. The fourth-order valence-electron chi connectivity index (χ4n) is 1.20. The summed E-state index contributed by atoms with van der Waals surface area (Å²) in [6, 6.07) is 2.90. The molecular weight excluding hydrogens is 307 g/mol. The minimum Gasteiger partial charge on any atom is -0.442 e. The van der Waals surface area contributed by atoms with Crippen LogP contribution in [0.4, 0.5) is 4.39 Å². The number of carbonyl (C=O) groups excluding carboxylic acids is 1. The minimum absolute atomic E-state index is 0.0186. The highest BCUT2D eigenvalue weighted by Gasteiger charge is 2.32. The molecule has 13 heavy (non-hydrogen) atoms. The summed E-state index contributed by atoms with van der Waals surface area (Å²) in [4.78, 5) is 11.1. The second-order valence-corrected chi connectivity index (χ2v) is 4.32. The molecule has 0 spiro atoms. The summed E-state index contributed by atoms with van der Waals surface area (Å²) in [5.74, 6) is -1.18. The Balaban J connectivity index is 2.69. The molecule has 0 radical (unpaired) electrons. The van der Waals surface area contributed by atoms with E-state index >= 15 is 0 Å². The Morgan fingerprint density at radius 1 is 1.46 bits per heavy atom. The lowest BCUT2D eigenvalue weighted by Crippen LogP contribution is -1.97. The number of rotatable bonds is 0. The van der Waals surface area contributed by atoms with E-state index < -0.39 is 16.8 Å². The molecule has 2 rings (SSSR count). The molecule has 1 aliphatic rings. The molecule has 0 N–H and O–H groups in total. The van der Waals surface area contributed by atoms with Crippen molar-refractivity contribution in [2.24, 2.45) is 0 Å². The molecule has 1 aliphatic heterocycles. The van der Waals surface area contributed by atoms with Crippen molar-refractivity contribution < 1.29 is 13.9 Å². The lowest BCUT2D eigenvalue weighted by molar-refractivity contribution is 0.0527. The first-order valence-electron chi connectivity index (χ1n) is 3.43. The van der Waals surface area contributed by atoms with E-state index in [9.17, 15) is 9.18 Å². The van der Waals surface area contributed by atoms with Crippen LogP contribution in [0.15, 0.2) is 16.6 Å². The lowest BCUT2D eigenvalue weighted by atomic mass is 10.1. The Kier molecular flexibility index (Phi) is 2.15. The van der Waals surface area contributed by atoms with Gasteiger partial charge in [-0.25, -0.2) is 9.18 Å². The largest absolute Gasteiger partial charge is 0.442 e. The van der Waals surface area contributed by atoms with E-state index in [0.29, 0.717) is 10.0 Å². The SMILES string of the molecule is O=C1OC(Br)c2cc(Br)cc(F)c21. The van der Waals surface area contributed by atoms with Crippen LogP contribution in [0.1, 0.15) is 20.9 Å². The number of benzene rings is 1. The van der Waals surface area contributed by atoms with Gasteiger partial charge < -0.3 is 4.74 Å². The first kappa shape index (κ1) is 9.15. The van der Waals surface area contributed by atoms with Crippen LogP contribution in [0.2, 0.25) is 0 Å². The van der Waals surface area contributed by atoms with Crippen molar-refractivity contribution in [3.05, 3.63) is 33.5 Å². The number of hydrogen-bond donors (Lipinski definition) is 0. The Bertz CT molecular complexity index is 392. The van der Waals surface area contributed by atoms with E-state index in [4.69, 9.17) is 4.74 Å². The average Bonchev–Trinajstić information content (AvgIpc) is 2.27. The summed E-state index contributed by atoms with van der Waals surface area (Å²) in [5, 5.41) is -0.540. The topological polar surface area (TPSA) is 26.3 Å². The number of fused-ring (bicyclic) bond motifs is 1. The van der Waals surface area contributed by atoms with Crippen molar-refractivity contribution in [1.82, 2.24) is 0 Å². The fraction of sp³-hybridized carbons (Fsp3) is 0.125. The molecule has 0 bridgehead atoms. The molecule has 68 valence electrons. The third-order valence-corrected chi connectivity index (χ3v) is 2.88. The Labute approximate surface area is 90.3 Å². The predicted octanol–water partition coefficient (Wildman–Crippen LogP) is 3.15. The van der Waals surface area contributed by atoms with Gasteiger partial charge in [-0.2, -0.15) is 0 Å². The molecular formula is C8H3Br2FO2. The standard InChI is InChI=1S/C8H3Br2FO2/c9-3-1-4-6(5(11)2-3)8(12)13-7(4)10/h1-2,7H. The predicted molar refractivity (Wildman–Crippen MR) is 51.2 cm³/mol. The second-order valence-electron chi connectivity index (χ2n) is 2.57. The van der Waals surface area contributed by atoms with Gasteiger partial charge in [-0.05, 0) is 28.1 Å². The highest BCUT2D eigenvalue weighted by atomic mass is 79.9. The van der Waals surface area contributed by atoms with Gasteiger partial charge in [-0.1, -0.05) is 15.9 Å². The first-order valence-corrected chi connectivity index (χ1v) is 5.14. The Morgan fingerprint density at radius 2 is 2.15 bits per heavy atom. The molecule has 0 fully saturated rings. The van der Waals surface area contributed by atoms with Crippen molar-refractivity contribution in [1.29, 1.82) is 0 Å². The molecule has 0 saturated carbocycles. The molecule has 1 heterocycles. The van der Waals surface area contributed by atoms with Crippen molar-refractivity contribution in [2.45, 2.75) is 5.01 Å². The maximum absolute atomic E-state index is 13.2. The van der Waals surface area contributed by atoms with Gasteiger partial charge in [0, 0.05) is 10.0 Å². The van der Waals surface area contributed by atoms with Gasteiger partial charge in [0.2, 0.25) is 0 Å². The number of carbonyl (C=O) groups is 1. The monoisotopic (exact) mass is 308 g/mol. The summed E-state index contributed by atoms with van der Waals surface area (Å²) >= 11 is 6.25. The number of ether oxygens (including phenoxy) is 1. The smallest absolute Gasteiger partial charge is 0.343 e. The molecule has 0 amide bonds. The highest BCUT2D eigenvalue weighted by molar-refractivity contribution is 9.10. The number of esters is 1. The zero-order valence-electron chi connectivity index (χ0n) is 6.18. The van der Waals surface area contributed by atoms with Crippen LogP contribution in [0, 0.1) is 5.82 Å². The van der Waals surface area contributed by atoms with E-state index in [1.807, 2.05) is 0 Å². The Hall–Kier alpha value is -0.420. The van der Waals surface area contributed by atoms with Gasteiger partial charge in [0.25, 0.3) is 0 Å². The molecule has 0 aliphatic carbocycles. The summed E-state index contributed by atoms with van der Waals surface area (Å²) < 4.78 is 18.6. The lowest BCUT2D eigenvalue weighted by Gasteiger charge is -2.00. The normalized spacial score (nSPS) is 19.9. The zero-order chi connectivity index (χ0) is 9.59. The maximum atomic E-state index is 13.2. The first-order chi connectivity index (χ1) is 6.09. The second kappa shape index (κ2) is 3.06. The fourth-order valence-corrected chi connectivity index (χ4v) is 2.18. The third-order valence-electron chi connectivity index (χ3n) is 1.74. The quantitative estimate of drug-likeness (QED) is 0.543. The Morgan fingerprint density at radius 3 is 2.85 bits per heavy atom. The molecule has 2 nitrogen and oxygen atoms in total. The van der Waals surface area contributed by atoms with E-state index in [2.05, 4.69) is 31.9 Å². The van der Waals surface area contributed by atoms with Gasteiger partial charge in [0.1, 0.15) is 11.4 Å². The number of halogens is 3. The van der Waals surface area contributed by atoms with Gasteiger partial charge in [0.05, 0.1) is 0 Å². The van der Waals surface area contributed by atoms with Gasteiger partial charge in [-0.15, -0.1) is 0 Å². The molecule has 5 heteroatoms. The number of alkyl halides is 1. The zero-order valence-corrected chi connectivity index (χ0v) is 9.35. The van der Waals surface area contributed by atoms with Crippen LogP contribution in [-0.2, 0) is 4.74 Å². The third kappa shape index (κ3) is 1.40. The number of cyclic esters (lactones) is 1. The van der Waals surface area contributed by atoms with Crippen LogP contribution < -0.4 is 0 Å². The van der Waals surface area contributed by atoms with Crippen molar-refractivity contribution in [3.63, 3.8) is 0 Å². The van der Waals surface area contributed by atoms with E-state index in [-0.39, 0.29) is 5.56 Å². The van der Waals surface area contributed by atoms with Crippen LogP contribution in [-0.4, -0.2) is 5.97 Å². The number of hydrogen-bond acceptors (Lipinski definition) is 2. The molecule has 1 unspecified atom stereocenters. The van der Waals surface area contributed by atoms with Crippen LogP contribution in [0.25, 0.3) is 0 Å². The summed E-state index contributed by atoms with van der Waals surface area (Å²) in [5.41, 5.74) is 0.543. The van der Waals surface area contributed by atoms with Crippen LogP contribution >= 0.6 is 31.9 Å². The van der Waals surface area contributed by atoms with Crippen molar-refractivity contribution >= 4 is 37.8 Å².